The average molecular weight is 392 g/mol. The fraction of sp³-hybridized carbons (Fsp3) is 0.350. The van der Waals surface area contributed by atoms with Gasteiger partial charge in [0.05, 0.1) is 25.0 Å². The predicted molar refractivity (Wildman–Crippen MR) is 109 cm³/mol. The van der Waals surface area contributed by atoms with E-state index in [1.165, 1.54) is 0 Å². The first-order valence-corrected chi connectivity index (χ1v) is 9.83. The first-order chi connectivity index (χ1) is 14.3. The molecule has 9 heteroatoms. The molecule has 1 saturated heterocycles. The molecule has 3 N–H and O–H groups in total. The van der Waals surface area contributed by atoms with Crippen molar-refractivity contribution in [2.75, 3.05) is 25.5 Å². The molecule has 1 atom stereocenters. The third-order valence-corrected chi connectivity index (χ3v) is 5.34. The summed E-state index contributed by atoms with van der Waals surface area (Å²) in [7, 11) is 1.66. The van der Waals surface area contributed by atoms with Crippen LogP contribution in [0.3, 0.4) is 0 Å². The Morgan fingerprint density at radius 1 is 1.17 bits per heavy atom. The van der Waals surface area contributed by atoms with Crippen LogP contribution in [0.25, 0.3) is 11.9 Å². The molecule has 0 spiro atoms. The second-order valence-corrected chi connectivity index (χ2v) is 7.20. The summed E-state index contributed by atoms with van der Waals surface area (Å²) in [6.45, 7) is 2.08. The number of nitrogens with one attached hydrogen (secondary N) is 3. The van der Waals surface area contributed by atoms with Gasteiger partial charge in [-0.3, -0.25) is 9.25 Å². The summed E-state index contributed by atoms with van der Waals surface area (Å²) in [4.78, 5) is 9.26. The lowest BCUT2D eigenvalue weighted by atomic mass is 10.1. The van der Waals surface area contributed by atoms with E-state index in [0.29, 0.717) is 6.04 Å². The molecule has 1 aromatic carbocycles. The number of nitrogens with zero attached hydrogens (tertiary/aromatic N) is 5. The number of benzene rings is 1. The first kappa shape index (κ1) is 17.7. The zero-order chi connectivity index (χ0) is 19.6. The highest BCUT2D eigenvalue weighted by Crippen LogP contribution is 2.20. The van der Waals surface area contributed by atoms with Crippen LogP contribution in [0.1, 0.15) is 18.9 Å². The smallest absolute Gasteiger partial charge is 0.196 e. The minimum atomic E-state index is -0.290. The lowest BCUT2D eigenvalue weighted by Gasteiger charge is -2.22. The lowest BCUT2D eigenvalue weighted by molar-refractivity contribution is 0.343. The van der Waals surface area contributed by atoms with E-state index in [0.717, 1.165) is 53.9 Å². The lowest BCUT2D eigenvalue weighted by Crippen LogP contribution is -2.44. The van der Waals surface area contributed by atoms with Crippen molar-refractivity contribution >= 4 is 11.9 Å². The van der Waals surface area contributed by atoms with Crippen molar-refractivity contribution in [1.29, 1.82) is 0 Å². The van der Waals surface area contributed by atoms with Gasteiger partial charge in [-0.05, 0) is 50.2 Å². The maximum absolute atomic E-state index is 5.24. The van der Waals surface area contributed by atoms with Crippen molar-refractivity contribution < 1.29 is 4.74 Å². The Morgan fingerprint density at radius 3 is 2.79 bits per heavy atom. The van der Waals surface area contributed by atoms with Crippen LogP contribution in [0.5, 0.6) is 5.75 Å². The molecule has 5 rings (SSSR count). The van der Waals surface area contributed by atoms with Crippen molar-refractivity contribution in [3.05, 3.63) is 53.8 Å². The molecule has 2 aromatic heterocycles. The zero-order valence-corrected chi connectivity index (χ0v) is 16.2. The maximum Gasteiger partial charge on any atom is 0.196 e. The number of methoxy groups -OCH3 is 1. The molecule has 1 fully saturated rings. The van der Waals surface area contributed by atoms with Gasteiger partial charge in [0, 0.05) is 18.1 Å². The molecule has 2 aliphatic heterocycles. The molecule has 0 saturated carbocycles. The minimum absolute atomic E-state index is 0.290. The van der Waals surface area contributed by atoms with Crippen molar-refractivity contribution in [2.24, 2.45) is 4.99 Å². The maximum atomic E-state index is 5.24. The number of aromatic nitrogens is 4. The molecule has 4 heterocycles. The van der Waals surface area contributed by atoms with Gasteiger partial charge in [0.25, 0.3) is 0 Å². The summed E-state index contributed by atoms with van der Waals surface area (Å²) in [6.07, 6.45) is 9.50. The summed E-state index contributed by atoms with van der Waals surface area (Å²) >= 11 is 0. The highest BCUT2D eigenvalue weighted by molar-refractivity contribution is 5.41. The molecule has 9 nitrogen and oxygen atoms in total. The van der Waals surface area contributed by atoms with Gasteiger partial charge in [-0.15, -0.1) is 0 Å². The highest BCUT2D eigenvalue weighted by atomic mass is 16.5. The molecular formula is C20H24N8O. The normalized spacial score (nSPS) is 18.9. The minimum Gasteiger partial charge on any atom is -0.497 e. The third kappa shape index (κ3) is 3.56. The number of fused-ring (bicyclic) bond motifs is 1. The molecule has 29 heavy (non-hydrogen) atoms. The van der Waals surface area contributed by atoms with Gasteiger partial charge in [0.15, 0.2) is 11.8 Å². The molecule has 2 aliphatic rings. The van der Waals surface area contributed by atoms with E-state index in [4.69, 9.17) is 9.73 Å². The summed E-state index contributed by atoms with van der Waals surface area (Å²) in [5, 5.41) is 15.4. The quantitative estimate of drug-likeness (QED) is 0.581. The molecule has 3 aromatic rings. The first-order valence-electron chi connectivity index (χ1n) is 9.83. The summed E-state index contributed by atoms with van der Waals surface area (Å²) < 4.78 is 9.27. The Morgan fingerprint density at radius 2 is 2.00 bits per heavy atom. The number of rotatable bonds is 5. The molecule has 0 amide bonds. The van der Waals surface area contributed by atoms with Gasteiger partial charge in [-0.1, -0.05) is 0 Å². The standard InChI is InChI=1S/C20H24N8O/c1-29-17-4-2-15(3-5-17)27-13-23-18-11-22-20(26-19(18)27)25-14-10-24-28(12-14)16-6-8-21-9-7-16/h2-5,10-13,16,20-22,25H,6-9H2,1H3. The fourth-order valence-corrected chi connectivity index (χ4v) is 3.75. The van der Waals surface area contributed by atoms with Crippen LogP contribution in [0.15, 0.2) is 48.0 Å². The van der Waals surface area contributed by atoms with Gasteiger partial charge in [0.1, 0.15) is 17.4 Å². The third-order valence-electron chi connectivity index (χ3n) is 5.34. The fourth-order valence-electron chi connectivity index (χ4n) is 3.75. The zero-order valence-electron chi connectivity index (χ0n) is 16.2. The Balaban J connectivity index is 1.37. The second kappa shape index (κ2) is 7.59. The van der Waals surface area contributed by atoms with Crippen molar-refractivity contribution in [1.82, 2.24) is 30.0 Å². The molecule has 150 valence electrons. The van der Waals surface area contributed by atoms with E-state index in [-0.39, 0.29) is 6.29 Å². The van der Waals surface area contributed by atoms with Gasteiger partial charge in [0.2, 0.25) is 0 Å². The largest absolute Gasteiger partial charge is 0.497 e. The number of ether oxygens (including phenoxy) is 1. The summed E-state index contributed by atoms with van der Waals surface area (Å²) in [5.74, 6) is 0.818. The van der Waals surface area contributed by atoms with Crippen LogP contribution < -0.4 is 31.5 Å². The van der Waals surface area contributed by atoms with E-state index in [1.807, 2.05) is 41.2 Å². The second-order valence-electron chi connectivity index (χ2n) is 7.20. The van der Waals surface area contributed by atoms with Gasteiger partial charge >= 0.3 is 0 Å². The number of imidazole rings is 1. The Bertz CT molecular complexity index is 1090. The van der Waals surface area contributed by atoms with Gasteiger partial charge in [-0.25, -0.2) is 9.98 Å². The molecule has 1 unspecified atom stereocenters. The van der Waals surface area contributed by atoms with E-state index in [2.05, 4.69) is 36.9 Å². The number of piperidine rings is 1. The number of anilines is 1. The van der Waals surface area contributed by atoms with Crippen molar-refractivity contribution in [3.63, 3.8) is 0 Å². The molecule has 0 bridgehead atoms. The van der Waals surface area contributed by atoms with Crippen LogP contribution in [-0.4, -0.2) is 45.8 Å². The van der Waals surface area contributed by atoms with Crippen molar-refractivity contribution in [2.45, 2.75) is 25.2 Å². The topological polar surface area (TPSA) is 93.3 Å². The van der Waals surface area contributed by atoms with E-state index in [1.54, 1.807) is 13.4 Å². The molecule has 0 aliphatic carbocycles. The van der Waals surface area contributed by atoms with Crippen LogP contribution in [0.4, 0.5) is 5.69 Å². The molecular weight excluding hydrogens is 368 g/mol. The SMILES string of the molecule is COc1ccc(-n2cnc3c2=NC(Nc2cnn(C4CCNCC4)c2)NC=3)cc1. The Hall–Kier alpha value is -3.33. The highest BCUT2D eigenvalue weighted by Gasteiger charge is 2.17. The summed E-state index contributed by atoms with van der Waals surface area (Å²) in [6, 6.07) is 8.29. The van der Waals surface area contributed by atoms with Gasteiger partial charge < -0.3 is 20.7 Å². The Kier molecular flexibility index (Phi) is 4.65. The van der Waals surface area contributed by atoms with E-state index >= 15 is 0 Å². The van der Waals surface area contributed by atoms with Crippen LogP contribution in [-0.2, 0) is 0 Å². The predicted octanol–water partition coefficient (Wildman–Crippen LogP) is 0.358. The monoisotopic (exact) mass is 392 g/mol. The van der Waals surface area contributed by atoms with Crippen LogP contribution in [0, 0.1) is 0 Å². The average Bonchev–Trinajstić information content (AvgIpc) is 3.41. The van der Waals surface area contributed by atoms with Gasteiger partial charge in [-0.2, -0.15) is 5.10 Å². The number of hydrogen-bond acceptors (Lipinski definition) is 7. The summed E-state index contributed by atoms with van der Waals surface area (Å²) in [5.41, 5.74) is 2.73. The number of hydrogen-bond donors (Lipinski definition) is 3. The van der Waals surface area contributed by atoms with Crippen molar-refractivity contribution in [3.8, 4) is 11.4 Å². The van der Waals surface area contributed by atoms with Crippen LogP contribution in [0.2, 0.25) is 0 Å². The molecule has 0 radical (unpaired) electrons. The van der Waals surface area contributed by atoms with E-state index < -0.39 is 0 Å². The Labute approximate surface area is 168 Å². The van der Waals surface area contributed by atoms with Crippen LogP contribution >= 0.6 is 0 Å². The van der Waals surface area contributed by atoms with E-state index in [9.17, 15) is 0 Å².